The summed E-state index contributed by atoms with van der Waals surface area (Å²) in [6.45, 7) is 5.71. The maximum absolute atomic E-state index is 11.5. The fourth-order valence-corrected chi connectivity index (χ4v) is 2.42. The van der Waals surface area contributed by atoms with Crippen LogP contribution in [-0.4, -0.2) is 22.8 Å². The smallest absolute Gasteiger partial charge is 0.148 e. The van der Waals surface area contributed by atoms with Gasteiger partial charge in [0.15, 0.2) is 0 Å². The molecule has 1 aromatic rings. The Bertz CT molecular complexity index is 397. The van der Waals surface area contributed by atoms with Crippen molar-refractivity contribution in [1.82, 2.24) is 4.90 Å². The number of carbonyl (C=O) groups excluding carboxylic acids is 1. The third-order valence-electron chi connectivity index (χ3n) is 3.14. The molecule has 0 unspecified atom stereocenters. The molecule has 0 aliphatic carbocycles. The van der Waals surface area contributed by atoms with Crippen molar-refractivity contribution in [2.24, 2.45) is 0 Å². The van der Waals surface area contributed by atoms with Crippen LogP contribution in [0.4, 0.5) is 0 Å². The summed E-state index contributed by atoms with van der Waals surface area (Å²) in [5, 5.41) is 0. The number of nitrogens with zero attached hydrogens (tertiary/aromatic N) is 1. The van der Waals surface area contributed by atoms with Gasteiger partial charge in [-0.1, -0.05) is 28.1 Å². The average Bonchev–Trinajstić information content (AvgIpc) is 2.43. The summed E-state index contributed by atoms with van der Waals surface area (Å²) in [6.07, 6.45) is 0.670. The number of benzene rings is 1. The van der Waals surface area contributed by atoms with Crippen LogP contribution < -0.4 is 0 Å². The molecule has 1 saturated heterocycles. The van der Waals surface area contributed by atoms with Crippen molar-refractivity contribution in [1.29, 1.82) is 0 Å². The molecule has 3 heteroatoms. The van der Waals surface area contributed by atoms with Crippen LogP contribution in [0.2, 0.25) is 0 Å². The molecule has 0 spiro atoms. The molecule has 1 fully saturated rings. The molecule has 0 aromatic heterocycles. The molecule has 1 aliphatic rings. The Morgan fingerprint density at radius 3 is 2.44 bits per heavy atom. The Hall–Kier alpha value is -0.670. The first-order valence-electron chi connectivity index (χ1n) is 5.48. The Morgan fingerprint density at radius 2 is 1.94 bits per heavy atom. The van der Waals surface area contributed by atoms with Gasteiger partial charge in [-0.15, -0.1) is 0 Å². The number of likely N-dealkylation sites (tertiary alicyclic amines) is 1. The van der Waals surface area contributed by atoms with Crippen LogP contribution in [0.3, 0.4) is 0 Å². The maximum atomic E-state index is 11.5. The van der Waals surface area contributed by atoms with Gasteiger partial charge in [0.1, 0.15) is 5.78 Å². The topological polar surface area (TPSA) is 20.3 Å². The van der Waals surface area contributed by atoms with E-state index in [1.165, 1.54) is 5.56 Å². The number of halogens is 1. The molecule has 1 heterocycles. The van der Waals surface area contributed by atoms with Crippen LogP contribution in [0.15, 0.2) is 28.7 Å². The Balaban J connectivity index is 2.10. The first kappa shape index (κ1) is 11.8. The lowest BCUT2D eigenvalue weighted by Gasteiger charge is -2.30. The molecular weight excluding hydrogens is 266 g/mol. The summed E-state index contributed by atoms with van der Waals surface area (Å²) in [5.74, 6) is 0.349. The second kappa shape index (κ2) is 4.30. The third-order valence-corrected chi connectivity index (χ3v) is 3.67. The molecule has 16 heavy (non-hydrogen) atoms. The summed E-state index contributed by atoms with van der Waals surface area (Å²) in [5.41, 5.74) is 1.26. The predicted molar refractivity (Wildman–Crippen MR) is 68.3 cm³/mol. The van der Waals surface area contributed by atoms with E-state index < -0.39 is 0 Å². The predicted octanol–water partition coefficient (Wildman–Crippen LogP) is 3.00. The summed E-state index contributed by atoms with van der Waals surface area (Å²) in [7, 11) is 0. The van der Waals surface area contributed by atoms with E-state index >= 15 is 0 Å². The lowest BCUT2D eigenvalue weighted by atomic mass is 10.0. The molecule has 0 bridgehead atoms. The van der Waals surface area contributed by atoms with E-state index in [1.54, 1.807) is 0 Å². The Morgan fingerprint density at radius 1 is 1.31 bits per heavy atom. The van der Waals surface area contributed by atoms with E-state index in [-0.39, 0.29) is 5.54 Å². The number of Topliss-reactive ketones (excluding diaryl/α,β-unsaturated/α-hetero) is 1. The van der Waals surface area contributed by atoms with Gasteiger partial charge in [-0.05, 0) is 31.5 Å². The highest BCUT2D eigenvalue weighted by molar-refractivity contribution is 9.10. The average molecular weight is 282 g/mol. The molecule has 0 radical (unpaired) electrons. The highest BCUT2D eigenvalue weighted by atomic mass is 79.9. The van der Waals surface area contributed by atoms with Crippen molar-refractivity contribution in [2.75, 3.05) is 6.54 Å². The fourth-order valence-electron chi connectivity index (χ4n) is 2.16. The summed E-state index contributed by atoms with van der Waals surface area (Å²) < 4.78 is 1.09. The van der Waals surface area contributed by atoms with Crippen molar-refractivity contribution in [2.45, 2.75) is 32.4 Å². The molecule has 0 N–H and O–H groups in total. The molecule has 0 atom stereocenters. The van der Waals surface area contributed by atoms with Crippen LogP contribution >= 0.6 is 15.9 Å². The second-order valence-electron chi connectivity index (χ2n) is 5.01. The molecule has 1 aliphatic heterocycles. The van der Waals surface area contributed by atoms with Crippen molar-refractivity contribution >= 4 is 21.7 Å². The fraction of sp³-hybridized carbons (Fsp3) is 0.462. The standard InChI is InChI=1S/C13H16BrNO/c1-13(2)7-12(16)9-15(13)8-10-3-5-11(14)6-4-10/h3-6H,7-9H2,1-2H3. The van der Waals surface area contributed by atoms with Gasteiger partial charge in [-0.3, -0.25) is 9.69 Å². The quantitative estimate of drug-likeness (QED) is 0.831. The number of carbonyl (C=O) groups is 1. The van der Waals surface area contributed by atoms with Crippen LogP contribution in [0.1, 0.15) is 25.8 Å². The highest BCUT2D eigenvalue weighted by Crippen LogP contribution is 2.28. The highest BCUT2D eigenvalue weighted by Gasteiger charge is 2.36. The summed E-state index contributed by atoms with van der Waals surface area (Å²) in [6, 6.07) is 8.28. The van der Waals surface area contributed by atoms with E-state index in [4.69, 9.17) is 0 Å². The van der Waals surface area contributed by atoms with Crippen molar-refractivity contribution in [3.05, 3.63) is 34.3 Å². The zero-order valence-corrected chi connectivity index (χ0v) is 11.3. The number of ketones is 1. The number of hydrogen-bond acceptors (Lipinski definition) is 2. The zero-order chi connectivity index (χ0) is 11.8. The normalized spacial score (nSPS) is 20.3. The lowest BCUT2D eigenvalue weighted by molar-refractivity contribution is -0.117. The third kappa shape index (κ3) is 2.53. The Labute approximate surface area is 105 Å². The SMILES string of the molecule is CC1(C)CC(=O)CN1Cc1ccc(Br)cc1. The lowest BCUT2D eigenvalue weighted by Crippen LogP contribution is -2.37. The van der Waals surface area contributed by atoms with Crippen LogP contribution in [-0.2, 0) is 11.3 Å². The molecule has 2 rings (SSSR count). The molecular formula is C13H16BrNO. The number of hydrogen-bond donors (Lipinski definition) is 0. The van der Waals surface area contributed by atoms with Gasteiger partial charge < -0.3 is 0 Å². The maximum Gasteiger partial charge on any atom is 0.148 e. The van der Waals surface area contributed by atoms with E-state index in [0.717, 1.165) is 11.0 Å². The van der Waals surface area contributed by atoms with Gasteiger partial charge in [0.25, 0.3) is 0 Å². The van der Waals surface area contributed by atoms with Crippen molar-refractivity contribution in [3.8, 4) is 0 Å². The van der Waals surface area contributed by atoms with Crippen LogP contribution in [0, 0.1) is 0 Å². The van der Waals surface area contributed by atoms with Crippen molar-refractivity contribution < 1.29 is 4.79 Å². The number of rotatable bonds is 2. The van der Waals surface area contributed by atoms with Gasteiger partial charge in [-0.2, -0.15) is 0 Å². The Kier molecular flexibility index (Phi) is 3.17. The van der Waals surface area contributed by atoms with E-state index in [0.29, 0.717) is 18.7 Å². The van der Waals surface area contributed by atoms with Gasteiger partial charge >= 0.3 is 0 Å². The molecule has 2 nitrogen and oxygen atoms in total. The van der Waals surface area contributed by atoms with E-state index in [2.05, 4.69) is 46.8 Å². The van der Waals surface area contributed by atoms with Gasteiger partial charge in [-0.25, -0.2) is 0 Å². The zero-order valence-electron chi connectivity index (χ0n) is 9.66. The van der Waals surface area contributed by atoms with Gasteiger partial charge in [0.2, 0.25) is 0 Å². The molecule has 0 saturated carbocycles. The van der Waals surface area contributed by atoms with Crippen LogP contribution in [0.25, 0.3) is 0 Å². The first-order valence-corrected chi connectivity index (χ1v) is 6.28. The molecule has 86 valence electrons. The minimum Gasteiger partial charge on any atom is -0.298 e. The molecule has 1 aromatic carbocycles. The summed E-state index contributed by atoms with van der Waals surface area (Å²) in [4.78, 5) is 13.7. The van der Waals surface area contributed by atoms with Crippen molar-refractivity contribution in [3.63, 3.8) is 0 Å². The largest absolute Gasteiger partial charge is 0.298 e. The van der Waals surface area contributed by atoms with Gasteiger partial charge in [0.05, 0.1) is 6.54 Å². The first-order chi connectivity index (χ1) is 7.47. The minimum absolute atomic E-state index is 0.00412. The summed E-state index contributed by atoms with van der Waals surface area (Å²) >= 11 is 3.42. The minimum atomic E-state index is 0.00412. The van der Waals surface area contributed by atoms with Gasteiger partial charge in [0, 0.05) is 23.0 Å². The molecule has 0 amide bonds. The van der Waals surface area contributed by atoms with Crippen LogP contribution in [0.5, 0.6) is 0 Å². The van der Waals surface area contributed by atoms with E-state index in [9.17, 15) is 4.79 Å². The van der Waals surface area contributed by atoms with E-state index in [1.807, 2.05) is 12.1 Å². The monoisotopic (exact) mass is 281 g/mol. The second-order valence-corrected chi connectivity index (χ2v) is 5.93.